The van der Waals surface area contributed by atoms with Crippen LogP contribution in [0.4, 0.5) is 0 Å². The zero-order valence-electron chi connectivity index (χ0n) is 15.6. The van der Waals surface area contributed by atoms with Crippen LogP contribution in [0.1, 0.15) is 49.6 Å². The Morgan fingerprint density at radius 2 is 2.11 bits per heavy atom. The van der Waals surface area contributed by atoms with Crippen LogP contribution in [0.3, 0.4) is 0 Å². The standard InChI is InChI=1S/C22H22ClN3O/c1-22(2)15-9-8-13(14-5-4-10-24-12-14)11-18(15)26-17-7-3-6-16(23)19(17)20(27)25-21(22)26/h3,6-9,11,14,24H,4-5,10,12H2,1-2H3/t14-/m0/s1. The molecule has 5 rings (SSSR count). The normalized spacial score (nSPS) is 20.5. The van der Waals surface area contributed by atoms with Crippen molar-refractivity contribution in [3.8, 4) is 5.69 Å². The number of halogens is 1. The van der Waals surface area contributed by atoms with Crippen molar-refractivity contribution in [3.63, 3.8) is 0 Å². The number of nitrogens with one attached hydrogen (secondary N) is 1. The Hall–Kier alpha value is -2.17. The minimum Gasteiger partial charge on any atom is -0.316 e. The molecule has 0 saturated carbocycles. The van der Waals surface area contributed by atoms with Gasteiger partial charge in [0, 0.05) is 6.54 Å². The number of aromatic nitrogens is 2. The van der Waals surface area contributed by atoms with Gasteiger partial charge >= 0.3 is 0 Å². The van der Waals surface area contributed by atoms with Crippen LogP contribution in [0.15, 0.2) is 41.2 Å². The van der Waals surface area contributed by atoms with Gasteiger partial charge < -0.3 is 5.32 Å². The van der Waals surface area contributed by atoms with Crippen LogP contribution in [0.2, 0.25) is 5.02 Å². The first-order valence-electron chi connectivity index (χ1n) is 9.56. The van der Waals surface area contributed by atoms with Crippen LogP contribution in [0, 0.1) is 0 Å². The lowest BCUT2D eigenvalue weighted by molar-refractivity contribution is 0.461. The second kappa shape index (κ2) is 5.91. The molecule has 0 amide bonds. The molecule has 1 aromatic heterocycles. The summed E-state index contributed by atoms with van der Waals surface area (Å²) < 4.78 is 2.14. The average molecular weight is 380 g/mol. The second-order valence-corrected chi connectivity index (χ2v) is 8.56. The van der Waals surface area contributed by atoms with Gasteiger partial charge in [0.1, 0.15) is 5.82 Å². The number of fused-ring (bicyclic) bond motifs is 5. The maximum absolute atomic E-state index is 12.7. The second-order valence-electron chi connectivity index (χ2n) is 8.15. The van der Waals surface area contributed by atoms with Crippen molar-refractivity contribution in [1.82, 2.24) is 14.9 Å². The van der Waals surface area contributed by atoms with E-state index >= 15 is 0 Å². The van der Waals surface area contributed by atoms with Crippen molar-refractivity contribution in [2.24, 2.45) is 0 Å². The van der Waals surface area contributed by atoms with Crippen LogP contribution in [0.5, 0.6) is 0 Å². The lowest BCUT2D eigenvalue weighted by atomic mass is 9.83. The van der Waals surface area contributed by atoms with Gasteiger partial charge in [0.15, 0.2) is 0 Å². The third-order valence-electron chi connectivity index (χ3n) is 6.13. The van der Waals surface area contributed by atoms with Crippen LogP contribution in [-0.4, -0.2) is 22.6 Å². The van der Waals surface area contributed by atoms with E-state index in [4.69, 9.17) is 11.6 Å². The number of hydrogen-bond donors (Lipinski definition) is 1. The molecule has 0 unspecified atom stereocenters. The van der Waals surface area contributed by atoms with Crippen molar-refractivity contribution in [2.45, 2.75) is 38.0 Å². The van der Waals surface area contributed by atoms with Crippen LogP contribution in [0.25, 0.3) is 16.6 Å². The predicted octanol–water partition coefficient (Wildman–Crippen LogP) is 4.15. The van der Waals surface area contributed by atoms with E-state index in [1.807, 2.05) is 12.1 Å². The molecule has 1 saturated heterocycles. The summed E-state index contributed by atoms with van der Waals surface area (Å²) in [7, 11) is 0. The van der Waals surface area contributed by atoms with Crippen molar-refractivity contribution in [1.29, 1.82) is 0 Å². The van der Waals surface area contributed by atoms with E-state index < -0.39 is 0 Å². The van der Waals surface area contributed by atoms with Gasteiger partial charge in [-0.15, -0.1) is 0 Å². The molecule has 4 nitrogen and oxygen atoms in total. The fraction of sp³-hybridized carbons (Fsp3) is 0.364. The van der Waals surface area contributed by atoms with Gasteiger partial charge in [-0.1, -0.05) is 29.8 Å². The first-order chi connectivity index (χ1) is 13.0. The first-order valence-corrected chi connectivity index (χ1v) is 9.93. The Bertz CT molecular complexity index is 1130. The number of rotatable bonds is 1. The van der Waals surface area contributed by atoms with Gasteiger partial charge in [-0.2, -0.15) is 4.98 Å². The molecule has 27 heavy (non-hydrogen) atoms. The summed E-state index contributed by atoms with van der Waals surface area (Å²) in [4.78, 5) is 17.2. The number of hydrogen-bond acceptors (Lipinski definition) is 3. The monoisotopic (exact) mass is 379 g/mol. The Morgan fingerprint density at radius 3 is 2.89 bits per heavy atom. The third-order valence-corrected chi connectivity index (χ3v) is 6.44. The molecule has 1 N–H and O–H groups in total. The van der Waals surface area contributed by atoms with Gasteiger partial charge in [0.25, 0.3) is 5.56 Å². The quantitative estimate of drug-likeness (QED) is 0.691. The SMILES string of the molecule is CC1(C)c2ccc([C@H]3CCCNC3)cc2-n2c1nc(=O)c1c(Cl)cccc12. The van der Waals surface area contributed by atoms with E-state index in [1.165, 1.54) is 24.0 Å². The summed E-state index contributed by atoms with van der Waals surface area (Å²) in [5.74, 6) is 1.31. The number of nitrogens with zero attached hydrogens (tertiary/aromatic N) is 2. The highest BCUT2D eigenvalue weighted by atomic mass is 35.5. The molecule has 3 heterocycles. The van der Waals surface area contributed by atoms with E-state index in [2.05, 4.69) is 46.9 Å². The van der Waals surface area contributed by atoms with Crippen molar-refractivity contribution in [2.75, 3.05) is 13.1 Å². The highest BCUT2D eigenvalue weighted by molar-refractivity contribution is 6.35. The highest BCUT2D eigenvalue weighted by Crippen LogP contribution is 2.44. The molecule has 0 spiro atoms. The lowest BCUT2D eigenvalue weighted by Gasteiger charge is -2.24. The number of piperidine rings is 1. The molecule has 138 valence electrons. The third kappa shape index (κ3) is 2.40. The van der Waals surface area contributed by atoms with Crippen molar-refractivity contribution in [3.05, 3.63) is 68.7 Å². The van der Waals surface area contributed by atoms with Gasteiger partial charge in [-0.05, 0) is 68.5 Å². The van der Waals surface area contributed by atoms with E-state index in [0.29, 0.717) is 16.3 Å². The van der Waals surface area contributed by atoms with E-state index in [9.17, 15) is 4.79 Å². The van der Waals surface area contributed by atoms with Crippen molar-refractivity contribution >= 4 is 22.5 Å². The highest BCUT2D eigenvalue weighted by Gasteiger charge is 2.39. The lowest BCUT2D eigenvalue weighted by Crippen LogP contribution is -2.28. The summed E-state index contributed by atoms with van der Waals surface area (Å²) >= 11 is 6.35. The molecule has 0 radical (unpaired) electrons. The molecule has 2 aromatic carbocycles. The molecule has 2 aliphatic rings. The largest absolute Gasteiger partial charge is 0.316 e. The maximum Gasteiger partial charge on any atom is 0.282 e. The maximum atomic E-state index is 12.7. The average Bonchev–Trinajstić information content (AvgIpc) is 2.89. The van der Waals surface area contributed by atoms with Gasteiger partial charge in [-0.3, -0.25) is 9.36 Å². The Labute approximate surface area is 163 Å². The van der Waals surface area contributed by atoms with E-state index in [1.54, 1.807) is 6.07 Å². The van der Waals surface area contributed by atoms with Crippen LogP contribution < -0.4 is 10.9 Å². The van der Waals surface area contributed by atoms with Gasteiger partial charge in [0.05, 0.1) is 27.0 Å². The number of benzene rings is 2. The summed E-state index contributed by atoms with van der Waals surface area (Å²) in [5, 5.41) is 4.46. The molecule has 0 bridgehead atoms. The fourth-order valence-corrected chi connectivity index (χ4v) is 4.91. The van der Waals surface area contributed by atoms with Crippen LogP contribution >= 0.6 is 11.6 Å². The summed E-state index contributed by atoms with van der Waals surface area (Å²) in [6, 6.07) is 12.4. The molecule has 5 heteroatoms. The van der Waals surface area contributed by atoms with E-state index in [-0.39, 0.29) is 11.0 Å². The minimum atomic E-state index is -0.325. The topological polar surface area (TPSA) is 46.9 Å². The molecular formula is C22H22ClN3O. The molecular weight excluding hydrogens is 358 g/mol. The molecule has 3 aromatic rings. The zero-order chi connectivity index (χ0) is 18.8. The fourth-order valence-electron chi connectivity index (χ4n) is 4.66. The van der Waals surface area contributed by atoms with E-state index in [0.717, 1.165) is 30.1 Å². The zero-order valence-corrected chi connectivity index (χ0v) is 16.3. The molecule has 1 atom stereocenters. The molecule has 2 aliphatic heterocycles. The smallest absolute Gasteiger partial charge is 0.282 e. The van der Waals surface area contributed by atoms with Crippen molar-refractivity contribution < 1.29 is 0 Å². The first kappa shape index (κ1) is 17.0. The summed E-state index contributed by atoms with van der Waals surface area (Å²) in [5.41, 5.74) is 3.93. The van der Waals surface area contributed by atoms with Gasteiger partial charge in [-0.25, -0.2) is 0 Å². The molecule has 1 fully saturated rings. The Morgan fingerprint density at radius 1 is 1.26 bits per heavy atom. The predicted molar refractivity (Wildman–Crippen MR) is 109 cm³/mol. The summed E-state index contributed by atoms with van der Waals surface area (Å²) in [6.07, 6.45) is 2.41. The van der Waals surface area contributed by atoms with Gasteiger partial charge in [0.2, 0.25) is 0 Å². The minimum absolute atomic E-state index is 0.251. The Kier molecular flexibility index (Phi) is 3.72. The van der Waals surface area contributed by atoms with Crippen LogP contribution in [-0.2, 0) is 5.41 Å². The molecule has 0 aliphatic carbocycles. The summed E-state index contributed by atoms with van der Waals surface area (Å²) in [6.45, 7) is 6.39. The Balaban J connectivity index is 1.81.